The molecule has 3 aromatic carbocycles. The first kappa shape index (κ1) is 22.3. The number of para-hydroxylation sites is 1. The van der Waals surface area contributed by atoms with Gasteiger partial charge in [0, 0.05) is 42.5 Å². The number of piperazine rings is 1. The summed E-state index contributed by atoms with van der Waals surface area (Å²) in [4.78, 5) is 14.1. The van der Waals surface area contributed by atoms with Crippen molar-refractivity contribution < 1.29 is 4.39 Å². The Balaban J connectivity index is 1.43. The van der Waals surface area contributed by atoms with Crippen molar-refractivity contribution in [2.24, 2.45) is 0 Å². The molecule has 2 N–H and O–H groups in total. The number of hydrogen-bond donors (Lipinski definition) is 1. The lowest BCUT2D eigenvalue weighted by atomic mass is 10.1. The number of halogens is 2. The number of anilines is 3. The van der Waals surface area contributed by atoms with Crippen molar-refractivity contribution in [2.75, 3.05) is 41.7 Å². The van der Waals surface area contributed by atoms with E-state index in [2.05, 4.69) is 27.0 Å². The summed E-state index contributed by atoms with van der Waals surface area (Å²) in [6, 6.07) is 24.1. The molecule has 0 amide bonds. The number of nitrogen functional groups attached to an aromatic ring is 1. The van der Waals surface area contributed by atoms with Crippen molar-refractivity contribution >= 4 is 40.1 Å². The van der Waals surface area contributed by atoms with Crippen molar-refractivity contribution in [1.82, 2.24) is 19.7 Å². The third-order valence-corrected chi connectivity index (χ3v) is 6.69. The number of aromatic nitrogens is 4. The number of nitrogens with zero attached hydrogens (tertiary/aromatic N) is 6. The van der Waals surface area contributed by atoms with E-state index in [1.54, 1.807) is 35.0 Å². The second-order valence-electron chi connectivity index (χ2n) is 8.63. The number of nitrogens with two attached hydrogens (primary N) is 1. The third kappa shape index (κ3) is 3.99. The molecule has 0 saturated carbocycles. The van der Waals surface area contributed by atoms with E-state index in [9.17, 15) is 4.39 Å². The van der Waals surface area contributed by atoms with Gasteiger partial charge in [-0.3, -0.25) is 0 Å². The van der Waals surface area contributed by atoms with Crippen LogP contribution in [0, 0.1) is 5.82 Å². The van der Waals surface area contributed by atoms with E-state index in [1.165, 1.54) is 11.8 Å². The summed E-state index contributed by atoms with van der Waals surface area (Å²) >= 11 is 6.06. The van der Waals surface area contributed by atoms with Crippen molar-refractivity contribution in [3.63, 3.8) is 0 Å². The monoisotopic (exact) mass is 499 g/mol. The van der Waals surface area contributed by atoms with Crippen LogP contribution < -0.4 is 15.5 Å². The van der Waals surface area contributed by atoms with Crippen LogP contribution in [0.3, 0.4) is 0 Å². The van der Waals surface area contributed by atoms with Gasteiger partial charge >= 0.3 is 0 Å². The lowest BCUT2D eigenvalue weighted by molar-refractivity contribution is 0.629. The maximum atomic E-state index is 15.0. The SMILES string of the molecule is Nc1c2c(-c3ccccc3F)nc(N3CCN(c4ccccc4)CC3)nc2nn1-c1ccc(Cl)cc1. The summed E-state index contributed by atoms with van der Waals surface area (Å²) in [6.07, 6.45) is 0. The fourth-order valence-corrected chi connectivity index (χ4v) is 4.70. The molecular weight excluding hydrogens is 477 g/mol. The average molecular weight is 500 g/mol. The minimum atomic E-state index is -0.379. The van der Waals surface area contributed by atoms with Gasteiger partial charge in [-0.1, -0.05) is 41.9 Å². The van der Waals surface area contributed by atoms with Crippen molar-refractivity contribution in [2.45, 2.75) is 0 Å². The van der Waals surface area contributed by atoms with Gasteiger partial charge in [-0.2, -0.15) is 4.98 Å². The fourth-order valence-electron chi connectivity index (χ4n) is 4.57. The Morgan fingerprint density at radius 2 is 1.42 bits per heavy atom. The van der Waals surface area contributed by atoms with E-state index in [1.807, 2.05) is 30.3 Å². The molecule has 5 aromatic rings. The van der Waals surface area contributed by atoms with Crippen molar-refractivity contribution in [3.05, 3.63) is 89.7 Å². The number of fused-ring (bicyclic) bond motifs is 1. The largest absolute Gasteiger partial charge is 0.383 e. The Bertz CT molecular complexity index is 1530. The Morgan fingerprint density at radius 1 is 0.750 bits per heavy atom. The zero-order valence-electron chi connectivity index (χ0n) is 19.4. The zero-order chi connectivity index (χ0) is 24.6. The number of hydrogen-bond acceptors (Lipinski definition) is 6. The molecule has 0 radical (unpaired) electrons. The molecule has 1 fully saturated rings. The maximum absolute atomic E-state index is 15.0. The molecule has 7 nitrogen and oxygen atoms in total. The van der Waals surface area contributed by atoms with Gasteiger partial charge in [0.15, 0.2) is 5.65 Å². The fraction of sp³-hybridized carbons (Fsp3) is 0.148. The Kier molecular flexibility index (Phi) is 5.65. The second kappa shape index (κ2) is 9.13. The lowest BCUT2D eigenvalue weighted by Crippen LogP contribution is -2.47. The molecule has 6 rings (SSSR count). The Hall–Kier alpha value is -4.17. The summed E-state index contributed by atoms with van der Waals surface area (Å²) in [5, 5.41) is 5.81. The minimum absolute atomic E-state index is 0.339. The van der Waals surface area contributed by atoms with Gasteiger partial charge in [-0.25, -0.2) is 14.1 Å². The molecule has 0 unspecified atom stereocenters. The van der Waals surface area contributed by atoms with Gasteiger partial charge in [0.05, 0.1) is 16.8 Å². The smallest absolute Gasteiger partial charge is 0.228 e. The molecule has 0 aliphatic carbocycles. The van der Waals surface area contributed by atoms with Crippen LogP contribution in [-0.4, -0.2) is 45.9 Å². The molecule has 1 aliphatic rings. The van der Waals surface area contributed by atoms with Crippen LogP contribution in [0.25, 0.3) is 28.0 Å². The molecular formula is C27H23ClFN7. The summed E-state index contributed by atoms with van der Waals surface area (Å²) in [5.41, 5.74) is 9.67. The highest BCUT2D eigenvalue weighted by molar-refractivity contribution is 6.30. The van der Waals surface area contributed by atoms with Crippen molar-refractivity contribution in [3.8, 4) is 16.9 Å². The highest BCUT2D eigenvalue weighted by Gasteiger charge is 2.25. The summed E-state index contributed by atoms with van der Waals surface area (Å²) < 4.78 is 16.6. The van der Waals surface area contributed by atoms with Crippen LogP contribution in [-0.2, 0) is 0 Å². The van der Waals surface area contributed by atoms with Crippen LogP contribution in [0.5, 0.6) is 0 Å². The van der Waals surface area contributed by atoms with Crippen molar-refractivity contribution in [1.29, 1.82) is 0 Å². The molecule has 0 bridgehead atoms. The van der Waals surface area contributed by atoms with E-state index in [-0.39, 0.29) is 5.82 Å². The van der Waals surface area contributed by atoms with Gasteiger partial charge in [0.25, 0.3) is 0 Å². The molecule has 180 valence electrons. The highest BCUT2D eigenvalue weighted by Crippen LogP contribution is 2.35. The van der Waals surface area contributed by atoms with Gasteiger partial charge in [0.2, 0.25) is 5.95 Å². The van der Waals surface area contributed by atoms with Crippen LogP contribution >= 0.6 is 11.6 Å². The van der Waals surface area contributed by atoms with E-state index in [0.717, 1.165) is 31.9 Å². The molecule has 0 atom stereocenters. The molecule has 2 aromatic heterocycles. The average Bonchev–Trinajstić information content (AvgIpc) is 3.26. The first-order valence-electron chi connectivity index (χ1n) is 11.7. The summed E-state index contributed by atoms with van der Waals surface area (Å²) in [7, 11) is 0. The van der Waals surface area contributed by atoms with Gasteiger partial charge in [-0.15, -0.1) is 5.10 Å². The maximum Gasteiger partial charge on any atom is 0.228 e. The molecule has 9 heteroatoms. The van der Waals surface area contributed by atoms with E-state index in [4.69, 9.17) is 27.3 Å². The third-order valence-electron chi connectivity index (χ3n) is 6.44. The van der Waals surface area contributed by atoms with E-state index < -0.39 is 0 Å². The second-order valence-corrected chi connectivity index (χ2v) is 9.07. The summed E-state index contributed by atoms with van der Waals surface area (Å²) in [5.74, 6) is 0.469. The number of benzene rings is 3. The minimum Gasteiger partial charge on any atom is -0.383 e. The number of rotatable bonds is 4. The van der Waals surface area contributed by atoms with E-state index in [0.29, 0.717) is 39.1 Å². The van der Waals surface area contributed by atoms with Crippen LogP contribution in [0.15, 0.2) is 78.9 Å². The first-order chi connectivity index (χ1) is 17.6. The lowest BCUT2D eigenvalue weighted by Gasteiger charge is -2.36. The standard InChI is InChI=1S/C27H23ClFN7/c28-18-10-12-20(13-11-18)36-25(30)23-24(21-8-4-5-9-22(21)29)31-27(32-26(23)33-36)35-16-14-34(15-17-35)19-6-2-1-3-7-19/h1-13H,14-17,30H2. The first-order valence-corrected chi connectivity index (χ1v) is 12.1. The summed E-state index contributed by atoms with van der Waals surface area (Å²) in [6.45, 7) is 3.10. The molecule has 1 saturated heterocycles. The molecule has 3 heterocycles. The predicted molar refractivity (Wildman–Crippen MR) is 142 cm³/mol. The quantitative estimate of drug-likeness (QED) is 0.367. The zero-order valence-corrected chi connectivity index (χ0v) is 20.1. The highest BCUT2D eigenvalue weighted by atomic mass is 35.5. The van der Waals surface area contributed by atoms with Crippen LogP contribution in [0.4, 0.5) is 21.8 Å². The molecule has 0 spiro atoms. The molecule has 36 heavy (non-hydrogen) atoms. The Labute approximate surface area is 212 Å². The van der Waals surface area contributed by atoms with Crippen LogP contribution in [0.2, 0.25) is 5.02 Å². The van der Waals surface area contributed by atoms with Gasteiger partial charge < -0.3 is 15.5 Å². The van der Waals surface area contributed by atoms with Gasteiger partial charge in [-0.05, 0) is 48.5 Å². The molecule has 1 aliphatic heterocycles. The van der Waals surface area contributed by atoms with Crippen LogP contribution in [0.1, 0.15) is 0 Å². The topological polar surface area (TPSA) is 76.1 Å². The van der Waals surface area contributed by atoms with E-state index >= 15 is 0 Å². The van der Waals surface area contributed by atoms with Gasteiger partial charge in [0.1, 0.15) is 11.6 Å². The normalized spacial score (nSPS) is 13.9. The Morgan fingerprint density at radius 3 is 2.14 bits per heavy atom. The predicted octanol–water partition coefficient (Wildman–Crippen LogP) is 5.18.